The monoisotopic (exact) mass is 255 g/mol. The second kappa shape index (κ2) is 5.61. The van der Waals surface area contributed by atoms with E-state index in [9.17, 15) is 0 Å². The largest absolute Gasteiger partial charge is 0.371 e. The fraction of sp³-hybridized carbons (Fsp3) is 0.538. The zero-order valence-electron chi connectivity index (χ0n) is 10.6. The molecule has 17 heavy (non-hydrogen) atoms. The molecular weight excluding hydrogens is 234 g/mol. The molecule has 0 amide bonds. The van der Waals surface area contributed by atoms with Gasteiger partial charge in [0.15, 0.2) is 0 Å². The Labute approximate surface area is 110 Å². The number of nitrogens with one attached hydrogen (secondary N) is 1. The Balaban J connectivity index is 0.00000144. The molecule has 0 saturated carbocycles. The number of benzene rings is 1. The highest BCUT2D eigenvalue weighted by Gasteiger charge is 2.25. The van der Waals surface area contributed by atoms with E-state index in [1.54, 1.807) is 0 Å². The number of anilines is 2. The molecule has 0 aromatic heterocycles. The Morgan fingerprint density at radius 3 is 2.12 bits per heavy atom. The number of nitrogens with two attached hydrogens (primary N) is 1. The van der Waals surface area contributed by atoms with Crippen LogP contribution in [0.4, 0.5) is 11.4 Å². The quantitative estimate of drug-likeness (QED) is 0.631. The van der Waals surface area contributed by atoms with Gasteiger partial charge in [-0.1, -0.05) is 13.8 Å². The van der Waals surface area contributed by atoms with Crippen LogP contribution in [0.2, 0.25) is 0 Å². The van der Waals surface area contributed by atoms with Crippen molar-refractivity contribution in [2.24, 2.45) is 11.3 Å². The van der Waals surface area contributed by atoms with Crippen LogP contribution in [0.15, 0.2) is 24.3 Å². The first-order chi connectivity index (χ1) is 7.61. The van der Waals surface area contributed by atoms with E-state index in [1.807, 2.05) is 12.1 Å². The molecule has 1 fully saturated rings. The summed E-state index contributed by atoms with van der Waals surface area (Å²) in [5.74, 6) is 5.35. The SMILES string of the molecule is CC1(C)CCN(c2ccc(NN)cc2)CC1.Cl. The number of hydrogen-bond donors (Lipinski definition) is 2. The Morgan fingerprint density at radius 2 is 1.65 bits per heavy atom. The van der Waals surface area contributed by atoms with E-state index in [2.05, 4.69) is 36.3 Å². The molecule has 0 atom stereocenters. The highest BCUT2D eigenvalue weighted by Crippen LogP contribution is 2.32. The maximum absolute atomic E-state index is 5.35. The minimum atomic E-state index is 0. The van der Waals surface area contributed by atoms with E-state index in [0.29, 0.717) is 5.41 Å². The summed E-state index contributed by atoms with van der Waals surface area (Å²) < 4.78 is 0. The summed E-state index contributed by atoms with van der Waals surface area (Å²) in [6, 6.07) is 8.31. The molecular formula is C13H22ClN3. The van der Waals surface area contributed by atoms with Gasteiger partial charge in [-0.25, -0.2) is 0 Å². The van der Waals surface area contributed by atoms with E-state index in [1.165, 1.54) is 18.5 Å². The lowest BCUT2D eigenvalue weighted by Gasteiger charge is -2.38. The number of hydrogen-bond acceptors (Lipinski definition) is 3. The topological polar surface area (TPSA) is 41.3 Å². The second-order valence-corrected chi connectivity index (χ2v) is 5.34. The van der Waals surface area contributed by atoms with Crippen molar-refractivity contribution in [1.29, 1.82) is 0 Å². The van der Waals surface area contributed by atoms with Gasteiger partial charge >= 0.3 is 0 Å². The fourth-order valence-corrected chi connectivity index (χ4v) is 2.14. The number of rotatable bonds is 2. The second-order valence-electron chi connectivity index (χ2n) is 5.34. The van der Waals surface area contributed by atoms with Crippen molar-refractivity contribution >= 4 is 23.8 Å². The standard InChI is InChI=1S/C13H21N3.ClH/c1-13(2)7-9-16(10-8-13)12-5-3-11(15-14)4-6-12;/h3-6,15H,7-10,14H2,1-2H3;1H. The summed E-state index contributed by atoms with van der Waals surface area (Å²) in [5.41, 5.74) is 5.42. The van der Waals surface area contributed by atoms with E-state index in [-0.39, 0.29) is 12.4 Å². The first kappa shape index (κ1) is 14.1. The average molecular weight is 256 g/mol. The van der Waals surface area contributed by atoms with Crippen molar-refractivity contribution in [2.45, 2.75) is 26.7 Å². The maximum atomic E-state index is 5.35. The summed E-state index contributed by atoms with van der Waals surface area (Å²) in [6.45, 7) is 7.02. The highest BCUT2D eigenvalue weighted by molar-refractivity contribution is 5.85. The van der Waals surface area contributed by atoms with Crippen LogP contribution in [-0.4, -0.2) is 13.1 Å². The third-order valence-electron chi connectivity index (χ3n) is 3.52. The van der Waals surface area contributed by atoms with Crippen molar-refractivity contribution < 1.29 is 0 Å². The van der Waals surface area contributed by atoms with Gasteiger partial charge in [-0.05, 0) is 42.5 Å². The van der Waals surface area contributed by atoms with Gasteiger partial charge in [-0.3, -0.25) is 5.84 Å². The Kier molecular flexibility index (Phi) is 4.66. The van der Waals surface area contributed by atoms with Crippen molar-refractivity contribution in [1.82, 2.24) is 0 Å². The zero-order valence-corrected chi connectivity index (χ0v) is 11.4. The smallest absolute Gasteiger partial charge is 0.0486 e. The first-order valence-electron chi connectivity index (χ1n) is 5.92. The molecule has 4 heteroatoms. The third kappa shape index (κ3) is 3.51. The first-order valence-corrected chi connectivity index (χ1v) is 5.92. The molecule has 0 unspecified atom stereocenters. The van der Waals surface area contributed by atoms with Crippen LogP contribution >= 0.6 is 12.4 Å². The summed E-state index contributed by atoms with van der Waals surface area (Å²) in [4.78, 5) is 2.45. The summed E-state index contributed by atoms with van der Waals surface area (Å²) in [5, 5.41) is 0. The van der Waals surface area contributed by atoms with Gasteiger partial charge < -0.3 is 10.3 Å². The van der Waals surface area contributed by atoms with Crippen LogP contribution < -0.4 is 16.2 Å². The number of nitrogens with zero attached hydrogens (tertiary/aromatic N) is 1. The Hall–Kier alpha value is -0.930. The minimum Gasteiger partial charge on any atom is -0.371 e. The average Bonchev–Trinajstić information content (AvgIpc) is 2.29. The zero-order chi connectivity index (χ0) is 11.6. The van der Waals surface area contributed by atoms with Gasteiger partial charge in [0.2, 0.25) is 0 Å². The van der Waals surface area contributed by atoms with Crippen molar-refractivity contribution in [3.05, 3.63) is 24.3 Å². The number of nitrogen functional groups attached to an aromatic ring is 1. The van der Waals surface area contributed by atoms with E-state index in [0.717, 1.165) is 18.8 Å². The molecule has 1 aromatic rings. The van der Waals surface area contributed by atoms with Crippen molar-refractivity contribution in [2.75, 3.05) is 23.4 Å². The fourth-order valence-electron chi connectivity index (χ4n) is 2.14. The van der Waals surface area contributed by atoms with E-state index < -0.39 is 0 Å². The van der Waals surface area contributed by atoms with Crippen LogP contribution in [0, 0.1) is 5.41 Å². The molecule has 0 aliphatic carbocycles. The molecule has 0 radical (unpaired) electrons. The third-order valence-corrected chi connectivity index (χ3v) is 3.52. The van der Waals surface area contributed by atoms with Crippen molar-refractivity contribution in [3.63, 3.8) is 0 Å². The number of halogens is 1. The maximum Gasteiger partial charge on any atom is 0.0486 e. The lowest BCUT2D eigenvalue weighted by atomic mass is 9.82. The molecule has 3 N–H and O–H groups in total. The predicted octanol–water partition coefficient (Wildman–Crippen LogP) is 3.02. The summed E-state index contributed by atoms with van der Waals surface area (Å²) >= 11 is 0. The number of piperidine rings is 1. The number of hydrazine groups is 1. The molecule has 96 valence electrons. The van der Waals surface area contributed by atoms with Gasteiger partial charge in [-0.15, -0.1) is 12.4 Å². The van der Waals surface area contributed by atoms with Gasteiger partial charge in [0.05, 0.1) is 0 Å². The van der Waals surface area contributed by atoms with Crippen LogP contribution in [0.5, 0.6) is 0 Å². The molecule has 1 aliphatic rings. The lowest BCUT2D eigenvalue weighted by Crippen LogP contribution is -2.37. The van der Waals surface area contributed by atoms with E-state index >= 15 is 0 Å². The van der Waals surface area contributed by atoms with Gasteiger partial charge in [0, 0.05) is 24.5 Å². The molecule has 0 bridgehead atoms. The van der Waals surface area contributed by atoms with Gasteiger partial charge in [0.25, 0.3) is 0 Å². The molecule has 1 saturated heterocycles. The molecule has 1 aliphatic heterocycles. The molecule has 3 nitrogen and oxygen atoms in total. The predicted molar refractivity (Wildman–Crippen MR) is 76.7 cm³/mol. The van der Waals surface area contributed by atoms with Crippen molar-refractivity contribution in [3.8, 4) is 0 Å². The minimum absolute atomic E-state index is 0. The lowest BCUT2D eigenvalue weighted by molar-refractivity contribution is 0.280. The van der Waals surface area contributed by atoms with E-state index in [4.69, 9.17) is 5.84 Å². The van der Waals surface area contributed by atoms with Crippen LogP contribution in [-0.2, 0) is 0 Å². The highest BCUT2D eigenvalue weighted by atomic mass is 35.5. The Bertz CT molecular complexity index is 338. The van der Waals surface area contributed by atoms with Crippen LogP contribution in [0.1, 0.15) is 26.7 Å². The molecule has 1 aromatic carbocycles. The molecule has 1 heterocycles. The van der Waals surface area contributed by atoms with Gasteiger partial charge in [0.1, 0.15) is 0 Å². The molecule has 2 rings (SSSR count). The van der Waals surface area contributed by atoms with Gasteiger partial charge in [-0.2, -0.15) is 0 Å². The molecule has 0 spiro atoms. The normalized spacial score (nSPS) is 18.4. The summed E-state index contributed by atoms with van der Waals surface area (Å²) in [7, 11) is 0. The van der Waals surface area contributed by atoms with Crippen LogP contribution in [0.3, 0.4) is 0 Å². The Morgan fingerprint density at radius 1 is 1.12 bits per heavy atom. The summed E-state index contributed by atoms with van der Waals surface area (Å²) in [6.07, 6.45) is 2.54. The van der Waals surface area contributed by atoms with Crippen LogP contribution in [0.25, 0.3) is 0 Å².